The first-order valence-electron chi connectivity index (χ1n) is 6.86. The number of pyridine rings is 1. The smallest absolute Gasteiger partial charge is 0.332 e. The molecule has 1 amide bonds. The molecule has 0 bridgehead atoms. The zero-order valence-corrected chi connectivity index (χ0v) is 12.0. The molecule has 3 heterocycles. The van der Waals surface area contributed by atoms with Gasteiger partial charge >= 0.3 is 5.69 Å². The maximum atomic E-state index is 12.3. The van der Waals surface area contributed by atoms with Crippen molar-refractivity contribution in [2.75, 3.05) is 13.1 Å². The highest BCUT2D eigenvalue weighted by Gasteiger charge is 2.21. The molecule has 0 saturated carbocycles. The number of rotatable bonds is 1. The van der Waals surface area contributed by atoms with Crippen molar-refractivity contribution in [3.05, 3.63) is 38.7 Å². The molecule has 21 heavy (non-hydrogen) atoms. The fourth-order valence-corrected chi connectivity index (χ4v) is 2.69. The first kappa shape index (κ1) is 13.5. The Morgan fingerprint density at radius 3 is 2.48 bits per heavy atom. The van der Waals surface area contributed by atoms with Gasteiger partial charge in [0.15, 0.2) is 0 Å². The number of hydrogen-bond donors (Lipinski definition) is 0. The molecule has 7 heteroatoms. The number of nitrogens with zero attached hydrogens (tertiary/aromatic N) is 4. The highest BCUT2D eigenvalue weighted by atomic mass is 16.2. The first-order chi connectivity index (χ1) is 10.0. The molecule has 0 radical (unpaired) electrons. The van der Waals surface area contributed by atoms with E-state index >= 15 is 0 Å². The van der Waals surface area contributed by atoms with Crippen molar-refractivity contribution in [2.45, 2.75) is 12.8 Å². The molecular formula is C14H16N4O3. The quantitative estimate of drug-likeness (QED) is 0.732. The Labute approximate surface area is 120 Å². The van der Waals surface area contributed by atoms with Crippen molar-refractivity contribution in [2.24, 2.45) is 14.1 Å². The summed E-state index contributed by atoms with van der Waals surface area (Å²) >= 11 is 0. The third-order valence-electron chi connectivity index (χ3n) is 3.93. The number of amides is 1. The SMILES string of the molecule is Cn1c(=O)c2cc(C(=O)N3CCCC3)cnc2n(C)c1=O. The fourth-order valence-electron chi connectivity index (χ4n) is 2.69. The van der Waals surface area contributed by atoms with E-state index in [9.17, 15) is 14.4 Å². The minimum atomic E-state index is -0.434. The number of fused-ring (bicyclic) bond motifs is 1. The van der Waals surface area contributed by atoms with E-state index in [4.69, 9.17) is 0 Å². The highest BCUT2D eigenvalue weighted by Crippen LogP contribution is 2.14. The molecule has 7 nitrogen and oxygen atoms in total. The van der Waals surface area contributed by atoms with Crippen LogP contribution in [0.4, 0.5) is 0 Å². The van der Waals surface area contributed by atoms with Crippen LogP contribution in [-0.2, 0) is 14.1 Å². The average Bonchev–Trinajstić information content (AvgIpc) is 3.04. The predicted molar refractivity (Wildman–Crippen MR) is 77.4 cm³/mol. The zero-order chi connectivity index (χ0) is 15.1. The van der Waals surface area contributed by atoms with Crippen LogP contribution < -0.4 is 11.2 Å². The van der Waals surface area contributed by atoms with Gasteiger partial charge in [-0.3, -0.25) is 18.7 Å². The van der Waals surface area contributed by atoms with E-state index in [-0.39, 0.29) is 11.3 Å². The van der Waals surface area contributed by atoms with Gasteiger partial charge in [0.05, 0.1) is 10.9 Å². The van der Waals surface area contributed by atoms with E-state index in [1.807, 2.05) is 0 Å². The molecule has 0 unspecified atom stereocenters. The van der Waals surface area contributed by atoms with Crippen LogP contribution in [0, 0.1) is 0 Å². The standard InChI is InChI=1S/C14H16N4O3/c1-16-11-10(13(20)17(2)14(16)21)7-9(8-15-11)12(19)18-5-3-4-6-18/h7-8H,3-6H2,1-2H3. The average molecular weight is 288 g/mol. The van der Waals surface area contributed by atoms with Crippen LogP contribution in [0.5, 0.6) is 0 Å². The minimum absolute atomic E-state index is 0.113. The second kappa shape index (κ2) is 4.83. The van der Waals surface area contributed by atoms with Crippen LogP contribution in [-0.4, -0.2) is 38.0 Å². The normalized spacial score (nSPS) is 14.9. The second-order valence-corrected chi connectivity index (χ2v) is 5.30. The summed E-state index contributed by atoms with van der Waals surface area (Å²) in [6.07, 6.45) is 3.44. The summed E-state index contributed by atoms with van der Waals surface area (Å²) in [6.45, 7) is 1.48. The Hall–Kier alpha value is -2.44. The Morgan fingerprint density at radius 2 is 1.81 bits per heavy atom. The van der Waals surface area contributed by atoms with Gasteiger partial charge in [-0.25, -0.2) is 9.78 Å². The van der Waals surface area contributed by atoms with Crippen LogP contribution in [0.3, 0.4) is 0 Å². The Kier molecular flexibility index (Phi) is 3.12. The van der Waals surface area contributed by atoms with Gasteiger partial charge in [-0.2, -0.15) is 0 Å². The van der Waals surface area contributed by atoms with Crippen molar-refractivity contribution < 1.29 is 4.79 Å². The number of aromatic nitrogens is 3. The molecule has 1 fully saturated rings. The Balaban J connectivity index is 2.18. The summed E-state index contributed by atoms with van der Waals surface area (Å²) in [7, 11) is 2.97. The lowest BCUT2D eigenvalue weighted by molar-refractivity contribution is 0.0792. The lowest BCUT2D eigenvalue weighted by Crippen LogP contribution is -2.37. The third-order valence-corrected chi connectivity index (χ3v) is 3.93. The van der Waals surface area contributed by atoms with Crippen LogP contribution >= 0.6 is 0 Å². The van der Waals surface area contributed by atoms with Crippen LogP contribution in [0.15, 0.2) is 21.9 Å². The van der Waals surface area contributed by atoms with Crippen LogP contribution in [0.1, 0.15) is 23.2 Å². The molecule has 1 aliphatic heterocycles. The molecule has 1 aliphatic rings. The molecule has 110 valence electrons. The predicted octanol–water partition coefficient (Wildman–Crippen LogP) is -0.132. The number of likely N-dealkylation sites (tertiary alicyclic amines) is 1. The monoisotopic (exact) mass is 288 g/mol. The summed E-state index contributed by atoms with van der Waals surface area (Å²) < 4.78 is 2.33. The zero-order valence-electron chi connectivity index (χ0n) is 12.0. The summed E-state index contributed by atoms with van der Waals surface area (Å²) in [6, 6.07) is 1.53. The molecule has 0 N–H and O–H groups in total. The van der Waals surface area contributed by atoms with Crippen molar-refractivity contribution >= 4 is 16.9 Å². The number of carbonyl (C=O) groups is 1. The molecule has 1 saturated heterocycles. The summed E-state index contributed by atoms with van der Waals surface area (Å²) in [5.41, 5.74) is -0.184. The van der Waals surface area contributed by atoms with Crippen molar-refractivity contribution in [3.63, 3.8) is 0 Å². The van der Waals surface area contributed by atoms with Gasteiger partial charge < -0.3 is 4.90 Å². The number of aryl methyl sites for hydroxylation is 1. The molecule has 0 aliphatic carbocycles. The van der Waals surface area contributed by atoms with E-state index < -0.39 is 11.2 Å². The van der Waals surface area contributed by atoms with Gasteiger partial charge in [-0.15, -0.1) is 0 Å². The Bertz CT molecular complexity index is 844. The highest BCUT2D eigenvalue weighted by molar-refractivity contribution is 5.96. The van der Waals surface area contributed by atoms with Gasteiger partial charge in [-0.1, -0.05) is 0 Å². The lowest BCUT2D eigenvalue weighted by Gasteiger charge is -2.15. The van der Waals surface area contributed by atoms with E-state index in [0.29, 0.717) is 11.2 Å². The minimum Gasteiger partial charge on any atom is -0.339 e. The second-order valence-electron chi connectivity index (χ2n) is 5.30. The summed E-state index contributed by atoms with van der Waals surface area (Å²) in [5.74, 6) is -0.113. The van der Waals surface area contributed by atoms with Crippen molar-refractivity contribution in [3.8, 4) is 0 Å². The summed E-state index contributed by atoms with van der Waals surface area (Å²) in [4.78, 5) is 42.3. The maximum Gasteiger partial charge on any atom is 0.332 e. The first-order valence-corrected chi connectivity index (χ1v) is 6.86. The Morgan fingerprint density at radius 1 is 1.14 bits per heavy atom. The van der Waals surface area contributed by atoms with Gasteiger partial charge in [0.25, 0.3) is 11.5 Å². The molecule has 0 atom stereocenters. The third kappa shape index (κ3) is 2.05. The van der Waals surface area contributed by atoms with Crippen LogP contribution in [0.2, 0.25) is 0 Å². The van der Waals surface area contributed by atoms with Gasteiger partial charge in [-0.05, 0) is 18.9 Å². The van der Waals surface area contributed by atoms with E-state index in [0.717, 1.165) is 30.5 Å². The molecule has 2 aromatic rings. The van der Waals surface area contributed by atoms with Crippen molar-refractivity contribution in [1.82, 2.24) is 19.0 Å². The summed E-state index contributed by atoms with van der Waals surface area (Å²) in [5, 5.41) is 0.282. The van der Waals surface area contributed by atoms with E-state index in [1.165, 1.54) is 23.9 Å². The van der Waals surface area contributed by atoms with Gasteiger partial charge in [0.1, 0.15) is 5.65 Å². The number of carbonyl (C=O) groups excluding carboxylic acids is 1. The number of hydrogen-bond acceptors (Lipinski definition) is 4. The molecule has 3 rings (SSSR count). The van der Waals surface area contributed by atoms with Crippen LogP contribution in [0.25, 0.3) is 11.0 Å². The molecule has 0 aromatic carbocycles. The molecular weight excluding hydrogens is 272 g/mol. The molecule has 0 spiro atoms. The largest absolute Gasteiger partial charge is 0.339 e. The van der Waals surface area contributed by atoms with E-state index in [2.05, 4.69) is 4.98 Å². The lowest BCUT2D eigenvalue weighted by atomic mass is 10.2. The van der Waals surface area contributed by atoms with Gasteiger partial charge in [0.2, 0.25) is 0 Å². The van der Waals surface area contributed by atoms with Crippen molar-refractivity contribution in [1.29, 1.82) is 0 Å². The maximum absolute atomic E-state index is 12.3. The molecule has 2 aromatic heterocycles. The van der Waals surface area contributed by atoms with Gasteiger partial charge in [0, 0.05) is 33.4 Å². The van der Waals surface area contributed by atoms with E-state index in [1.54, 1.807) is 11.9 Å². The topological polar surface area (TPSA) is 77.2 Å². The fraction of sp³-hybridized carbons (Fsp3) is 0.429.